The molecule has 118 valence electrons. The van der Waals surface area contributed by atoms with Crippen molar-refractivity contribution >= 4 is 17.3 Å². The minimum Gasteiger partial charge on any atom is -0.357 e. The van der Waals surface area contributed by atoms with Crippen molar-refractivity contribution in [3.63, 3.8) is 0 Å². The van der Waals surface area contributed by atoms with Crippen molar-refractivity contribution in [2.75, 3.05) is 23.3 Å². The van der Waals surface area contributed by atoms with E-state index in [9.17, 15) is 13.2 Å². The van der Waals surface area contributed by atoms with Crippen molar-refractivity contribution < 1.29 is 13.2 Å². The van der Waals surface area contributed by atoms with Crippen LogP contribution in [0.25, 0.3) is 0 Å². The normalized spacial score (nSPS) is 11.3. The van der Waals surface area contributed by atoms with Gasteiger partial charge < -0.3 is 10.2 Å². The first kappa shape index (κ1) is 16.1. The Morgan fingerprint density at radius 2 is 1.77 bits per heavy atom. The Morgan fingerprint density at radius 3 is 2.41 bits per heavy atom. The van der Waals surface area contributed by atoms with Gasteiger partial charge in [0.25, 0.3) is 0 Å². The van der Waals surface area contributed by atoms with Gasteiger partial charge in [-0.05, 0) is 26.0 Å². The van der Waals surface area contributed by atoms with Gasteiger partial charge in [0, 0.05) is 19.2 Å². The van der Waals surface area contributed by atoms with Crippen molar-refractivity contribution in [2.45, 2.75) is 20.0 Å². The average molecular weight is 310 g/mol. The highest BCUT2D eigenvalue weighted by Gasteiger charge is 2.33. The lowest BCUT2D eigenvalue weighted by atomic mass is 10.1. The Kier molecular flexibility index (Phi) is 4.85. The molecule has 0 aliphatic rings. The molecule has 1 aromatic carbocycles. The predicted octanol–water partition coefficient (Wildman–Crippen LogP) is 4.09. The van der Waals surface area contributed by atoms with Crippen LogP contribution in [0, 0.1) is 0 Å². The third-order valence-electron chi connectivity index (χ3n) is 3.24. The minimum absolute atomic E-state index is 0.0285. The number of alkyl halides is 3. The van der Waals surface area contributed by atoms with E-state index in [0.29, 0.717) is 11.6 Å². The van der Waals surface area contributed by atoms with E-state index >= 15 is 0 Å². The number of nitrogens with zero attached hydrogens (tertiary/aromatic N) is 3. The monoisotopic (exact) mass is 310 g/mol. The van der Waals surface area contributed by atoms with Crippen LogP contribution in [-0.2, 0) is 6.18 Å². The van der Waals surface area contributed by atoms with Crippen LogP contribution < -0.4 is 10.2 Å². The molecule has 0 saturated carbocycles. The summed E-state index contributed by atoms with van der Waals surface area (Å²) >= 11 is 0. The molecule has 0 bridgehead atoms. The number of para-hydroxylation sites is 1. The highest BCUT2D eigenvalue weighted by molar-refractivity contribution is 5.63. The molecule has 0 fully saturated rings. The number of nitrogens with one attached hydrogen (secondary N) is 1. The molecule has 0 aliphatic heterocycles. The van der Waals surface area contributed by atoms with Crippen LogP contribution in [0.4, 0.5) is 30.5 Å². The third-order valence-corrected chi connectivity index (χ3v) is 3.24. The van der Waals surface area contributed by atoms with Gasteiger partial charge in [0.15, 0.2) is 0 Å². The highest BCUT2D eigenvalue weighted by atomic mass is 19.4. The zero-order valence-corrected chi connectivity index (χ0v) is 12.4. The Morgan fingerprint density at radius 1 is 1.09 bits per heavy atom. The molecular formula is C15H17F3N4. The van der Waals surface area contributed by atoms with Crippen LogP contribution in [0.2, 0.25) is 0 Å². The van der Waals surface area contributed by atoms with Crippen LogP contribution in [-0.4, -0.2) is 23.1 Å². The topological polar surface area (TPSA) is 41.0 Å². The molecule has 0 spiro atoms. The van der Waals surface area contributed by atoms with Gasteiger partial charge in [-0.25, -0.2) is 9.97 Å². The van der Waals surface area contributed by atoms with E-state index in [1.807, 2.05) is 18.7 Å². The number of halogens is 3. The number of hydrogen-bond acceptors (Lipinski definition) is 4. The summed E-state index contributed by atoms with van der Waals surface area (Å²) in [5, 5.41) is 2.72. The molecule has 1 aromatic heterocycles. The van der Waals surface area contributed by atoms with Gasteiger partial charge in [-0.2, -0.15) is 13.2 Å². The molecule has 2 rings (SSSR count). The number of benzene rings is 1. The zero-order valence-electron chi connectivity index (χ0n) is 12.4. The molecule has 0 saturated heterocycles. The van der Waals surface area contributed by atoms with Gasteiger partial charge in [-0.15, -0.1) is 0 Å². The van der Waals surface area contributed by atoms with Gasteiger partial charge in [0.05, 0.1) is 11.3 Å². The SMILES string of the molecule is CCN(CC)c1cc(Nc2ccccc2C(F)(F)F)ncn1. The van der Waals surface area contributed by atoms with Crippen molar-refractivity contribution in [2.24, 2.45) is 0 Å². The molecule has 7 heteroatoms. The van der Waals surface area contributed by atoms with Gasteiger partial charge in [0.1, 0.15) is 18.0 Å². The van der Waals surface area contributed by atoms with Crippen molar-refractivity contribution in [3.05, 3.63) is 42.2 Å². The number of anilines is 3. The smallest absolute Gasteiger partial charge is 0.357 e. The summed E-state index contributed by atoms with van der Waals surface area (Å²) in [6, 6.07) is 6.95. The van der Waals surface area contributed by atoms with E-state index in [2.05, 4.69) is 15.3 Å². The van der Waals surface area contributed by atoms with Crippen LogP contribution in [0.3, 0.4) is 0 Å². The van der Waals surface area contributed by atoms with E-state index in [1.54, 1.807) is 12.1 Å². The van der Waals surface area contributed by atoms with Gasteiger partial charge in [-0.1, -0.05) is 12.1 Å². The summed E-state index contributed by atoms with van der Waals surface area (Å²) in [4.78, 5) is 10.1. The summed E-state index contributed by atoms with van der Waals surface area (Å²) in [6.07, 6.45) is -3.08. The molecule has 0 radical (unpaired) electrons. The third kappa shape index (κ3) is 3.66. The summed E-state index contributed by atoms with van der Waals surface area (Å²) in [5.74, 6) is 1.00. The quantitative estimate of drug-likeness (QED) is 0.903. The molecule has 2 aromatic rings. The van der Waals surface area contributed by atoms with Gasteiger partial charge in [-0.3, -0.25) is 0 Å². The lowest BCUT2D eigenvalue weighted by molar-refractivity contribution is -0.136. The molecule has 22 heavy (non-hydrogen) atoms. The summed E-state index contributed by atoms with van der Waals surface area (Å²) < 4.78 is 39.0. The van der Waals surface area contributed by atoms with Crippen molar-refractivity contribution in [1.29, 1.82) is 0 Å². The Balaban J connectivity index is 2.31. The summed E-state index contributed by atoms with van der Waals surface area (Å²) in [6.45, 7) is 5.48. The first-order valence-electron chi connectivity index (χ1n) is 6.96. The first-order chi connectivity index (χ1) is 10.5. The standard InChI is InChI=1S/C15H17F3N4/c1-3-22(4-2)14-9-13(19-10-20-14)21-12-8-6-5-7-11(12)15(16,17)18/h5-10H,3-4H2,1-2H3,(H,19,20,21). The predicted molar refractivity (Wildman–Crippen MR) is 80.3 cm³/mol. The second-order valence-electron chi connectivity index (χ2n) is 4.60. The summed E-state index contributed by atoms with van der Waals surface area (Å²) in [7, 11) is 0. The van der Waals surface area contributed by atoms with Gasteiger partial charge >= 0.3 is 6.18 Å². The van der Waals surface area contributed by atoms with Gasteiger partial charge in [0.2, 0.25) is 0 Å². The highest BCUT2D eigenvalue weighted by Crippen LogP contribution is 2.35. The molecule has 0 amide bonds. The summed E-state index contributed by atoms with van der Waals surface area (Å²) in [5.41, 5.74) is -0.753. The van der Waals surface area contributed by atoms with Crippen molar-refractivity contribution in [1.82, 2.24) is 9.97 Å². The zero-order chi connectivity index (χ0) is 16.2. The lowest BCUT2D eigenvalue weighted by Gasteiger charge is -2.20. The Bertz CT molecular complexity index is 624. The lowest BCUT2D eigenvalue weighted by Crippen LogP contribution is -2.23. The Hall–Kier alpha value is -2.31. The maximum atomic E-state index is 13.0. The molecule has 4 nitrogen and oxygen atoms in total. The van der Waals surface area contributed by atoms with Crippen LogP contribution in [0.5, 0.6) is 0 Å². The van der Waals surface area contributed by atoms with Crippen LogP contribution in [0.15, 0.2) is 36.7 Å². The van der Waals surface area contributed by atoms with E-state index in [4.69, 9.17) is 0 Å². The van der Waals surface area contributed by atoms with Crippen LogP contribution in [0.1, 0.15) is 19.4 Å². The first-order valence-corrected chi connectivity index (χ1v) is 6.96. The maximum Gasteiger partial charge on any atom is 0.418 e. The average Bonchev–Trinajstić information content (AvgIpc) is 2.48. The van der Waals surface area contributed by atoms with E-state index < -0.39 is 11.7 Å². The van der Waals surface area contributed by atoms with E-state index in [1.165, 1.54) is 18.5 Å². The van der Waals surface area contributed by atoms with Crippen LogP contribution >= 0.6 is 0 Å². The molecule has 0 unspecified atom stereocenters. The molecule has 0 atom stereocenters. The van der Waals surface area contributed by atoms with Crippen molar-refractivity contribution in [3.8, 4) is 0 Å². The van der Waals surface area contributed by atoms with E-state index in [-0.39, 0.29) is 5.69 Å². The number of rotatable bonds is 5. The second kappa shape index (κ2) is 6.64. The Labute approximate surface area is 127 Å². The fourth-order valence-corrected chi connectivity index (χ4v) is 2.11. The molecule has 1 N–H and O–H groups in total. The maximum absolute atomic E-state index is 13.0. The molecule has 1 heterocycles. The number of hydrogen-bond donors (Lipinski definition) is 1. The fraction of sp³-hybridized carbons (Fsp3) is 0.333. The molecular weight excluding hydrogens is 293 g/mol. The second-order valence-corrected chi connectivity index (χ2v) is 4.60. The largest absolute Gasteiger partial charge is 0.418 e. The van der Waals surface area contributed by atoms with E-state index in [0.717, 1.165) is 19.2 Å². The minimum atomic E-state index is -4.42. The number of aromatic nitrogens is 2. The molecule has 0 aliphatic carbocycles. The fourth-order valence-electron chi connectivity index (χ4n) is 2.11.